The van der Waals surface area contributed by atoms with Crippen LogP contribution in [0.15, 0.2) is 0 Å². The summed E-state index contributed by atoms with van der Waals surface area (Å²) in [6, 6.07) is -0.646. The van der Waals surface area contributed by atoms with E-state index in [-0.39, 0.29) is 13.2 Å². The summed E-state index contributed by atoms with van der Waals surface area (Å²) >= 11 is 0. The summed E-state index contributed by atoms with van der Waals surface area (Å²) in [5.41, 5.74) is 0. The van der Waals surface area contributed by atoms with Crippen molar-refractivity contribution in [3.63, 3.8) is 0 Å². The molecule has 0 amide bonds. The van der Waals surface area contributed by atoms with Crippen LogP contribution in [-0.4, -0.2) is 122 Å². The van der Waals surface area contributed by atoms with Gasteiger partial charge in [-0.2, -0.15) is 0 Å². The zero-order valence-corrected chi connectivity index (χ0v) is 14.8. The van der Waals surface area contributed by atoms with Crippen molar-refractivity contribution in [3.8, 4) is 0 Å². The number of ether oxygens (including phenoxy) is 2. The second kappa shape index (κ2) is 9.69. The Labute approximate surface area is 152 Å². The number of β-amino-alcohol motifs (C(OH)–C–C–N with tert-alkyl or cyclic N) is 1. The van der Waals surface area contributed by atoms with Crippen molar-refractivity contribution < 1.29 is 45.2 Å². The van der Waals surface area contributed by atoms with Crippen LogP contribution in [0.4, 0.5) is 0 Å². The average molecular weight is 381 g/mol. The number of piperidine rings is 1. The van der Waals surface area contributed by atoms with Crippen LogP contribution in [0.5, 0.6) is 0 Å². The molecule has 0 radical (unpaired) electrons. The van der Waals surface area contributed by atoms with Crippen molar-refractivity contribution in [2.24, 2.45) is 0 Å². The van der Waals surface area contributed by atoms with Crippen molar-refractivity contribution >= 4 is 0 Å². The molecule has 2 heterocycles. The highest BCUT2D eigenvalue weighted by molar-refractivity contribution is 4.97. The van der Waals surface area contributed by atoms with Crippen LogP contribution in [0.2, 0.25) is 0 Å². The predicted octanol–water partition coefficient (Wildman–Crippen LogP) is -3.63. The zero-order valence-electron chi connectivity index (χ0n) is 14.8. The maximum absolute atomic E-state index is 10.3. The van der Waals surface area contributed by atoms with E-state index in [4.69, 9.17) is 9.47 Å². The molecule has 0 aliphatic carbocycles. The Hall–Kier alpha value is -0.400. The third-order valence-corrected chi connectivity index (χ3v) is 5.13. The molecule has 2 fully saturated rings. The summed E-state index contributed by atoms with van der Waals surface area (Å²) in [6.45, 7) is 1.80. The van der Waals surface area contributed by atoms with Crippen LogP contribution in [-0.2, 0) is 9.47 Å². The lowest BCUT2D eigenvalue weighted by molar-refractivity contribution is -0.328. The van der Waals surface area contributed by atoms with Crippen LogP contribution in [0.1, 0.15) is 19.8 Å². The SMILES string of the molecule is CCCCN1C[C@H](O)[C@@H](O)[C@H](O[C@H]2O[C@H](CO)[C@@H](O)[C@H](O)[C@H]2O)[C@H]1CO. The minimum atomic E-state index is -1.62. The van der Waals surface area contributed by atoms with E-state index in [1.165, 1.54) is 0 Å². The molecular weight excluding hydrogens is 350 g/mol. The number of rotatable bonds is 7. The maximum Gasteiger partial charge on any atom is 0.187 e. The van der Waals surface area contributed by atoms with Gasteiger partial charge >= 0.3 is 0 Å². The van der Waals surface area contributed by atoms with Crippen LogP contribution in [0.25, 0.3) is 0 Å². The summed E-state index contributed by atoms with van der Waals surface area (Å²) in [5, 5.41) is 69.3. The molecule has 2 aliphatic heterocycles. The highest BCUT2D eigenvalue weighted by Gasteiger charge is 2.49. The third kappa shape index (κ3) is 4.53. The van der Waals surface area contributed by atoms with Gasteiger partial charge in [0, 0.05) is 6.54 Å². The van der Waals surface area contributed by atoms with Gasteiger partial charge in [-0.15, -0.1) is 0 Å². The Morgan fingerprint density at radius 2 is 1.65 bits per heavy atom. The molecule has 0 aromatic carbocycles. The molecule has 10 heteroatoms. The van der Waals surface area contributed by atoms with Gasteiger partial charge in [-0.1, -0.05) is 13.3 Å². The van der Waals surface area contributed by atoms with Crippen LogP contribution in [0.3, 0.4) is 0 Å². The Bertz CT molecular complexity index is 427. The van der Waals surface area contributed by atoms with Gasteiger partial charge in [0.2, 0.25) is 0 Å². The molecule has 26 heavy (non-hydrogen) atoms. The minimum absolute atomic E-state index is 0.168. The second-order valence-corrected chi connectivity index (χ2v) is 6.95. The molecule has 10 nitrogen and oxygen atoms in total. The van der Waals surface area contributed by atoms with E-state index in [0.29, 0.717) is 6.54 Å². The summed E-state index contributed by atoms with van der Waals surface area (Å²) in [6.07, 6.45) is -9.17. The fourth-order valence-electron chi connectivity index (χ4n) is 3.48. The molecule has 9 atom stereocenters. The smallest absolute Gasteiger partial charge is 0.187 e. The summed E-state index contributed by atoms with van der Waals surface area (Å²) in [4.78, 5) is 1.80. The number of unbranched alkanes of at least 4 members (excludes halogenated alkanes) is 1. The Kier molecular flexibility index (Phi) is 8.16. The lowest BCUT2D eigenvalue weighted by Crippen LogP contribution is -2.66. The zero-order chi connectivity index (χ0) is 19.4. The first-order chi connectivity index (χ1) is 12.3. The topological polar surface area (TPSA) is 163 Å². The summed E-state index contributed by atoms with van der Waals surface area (Å²) in [7, 11) is 0. The normalized spacial score (nSPS) is 45.0. The first-order valence-corrected chi connectivity index (χ1v) is 9.02. The van der Waals surface area contributed by atoms with E-state index in [1.54, 1.807) is 4.90 Å². The molecule has 2 aliphatic rings. The Morgan fingerprint density at radius 1 is 0.962 bits per heavy atom. The van der Waals surface area contributed by atoms with Gasteiger partial charge in [0.05, 0.1) is 25.4 Å². The Morgan fingerprint density at radius 3 is 2.23 bits per heavy atom. The van der Waals surface area contributed by atoms with Crippen molar-refractivity contribution in [1.82, 2.24) is 4.90 Å². The minimum Gasteiger partial charge on any atom is -0.395 e. The van der Waals surface area contributed by atoms with Gasteiger partial charge in [0.15, 0.2) is 6.29 Å². The first kappa shape index (κ1) is 21.9. The molecule has 0 spiro atoms. The fourth-order valence-corrected chi connectivity index (χ4v) is 3.48. The van der Waals surface area contributed by atoms with Gasteiger partial charge in [0.1, 0.15) is 36.6 Å². The molecule has 154 valence electrons. The second-order valence-electron chi connectivity index (χ2n) is 6.95. The number of nitrogens with zero attached hydrogens (tertiary/aromatic N) is 1. The highest BCUT2D eigenvalue weighted by atomic mass is 16.7. The lowest BCUT2D eigenvalue weighted by Gasteiger charge is -2.48. The van der Waals surface area contributed by atoms with Crippen molar-refractivity contribution in [3.05, 3.63) is 0 Å². The van der Waals surface area contributed by atoms with E-state index >= 15 is 0 Å². The van der Waals surface area contributed by atoms with Gasteiger partial charge in [-0.05, 0) is 13.0 Å². The summed E-state index contributed by atoms with van der Waals surface area (Å²) in [5.74, 6) is 0. The molecule has 7 N–H and O–H groups in total. The van der Waals surface area contributed by atoms with Gasteiger partial charge in [-0.25, -0.2) is 0 Å². The average Bonchev–Trinajstić information content (AvgIpc) is 2.63. The van der Waals surface area contributed by atoms with E-state index < -0.39 is 61.7 Å². The van der Waals surface area contributed by atoms with E-state index in [2.05, 4.69) is 0 Å². The number of hydrogen-bond donors (Lipinski definition) is 7. The van der Waals surface area contributed by atoms with Crippen molar-refractivity contribution in [2.45, 2.75) is 74.8 Å². The van der Waals surface area contributed by atoms with Crippen molar-refractivity contribution in [1.29, 1.82) is 0 Å². The monoisotopic (exact) mass is 381 g/mol. The predicted molar refractivity (Wildman–Crippen MR) is 88.0 cm³/mol. The molecule has 0 saturated carbocycles. The number of likely N-dealkylation sites (tertiary alicyclic amines) is 1. The fraction of sp³-hybridized carbons (Fsp3) is 1.00. The van der Waals surface area contributed by atoms with E-state index in [1.807, 2.05) is 6.92 Å². The van der Waals surface area contributed by atoms with Crippen molar-refractivity contribution in [2.75, 3.05) is 26.3 Å². The van der Waals surface area contributed by atoms with Gasteiger partial charge in [-0.3, -0.25) is 4.90 Å². The Balaban J connectivity index is 2.15. The van der Waals surface area contributed by atoms with Crippen LogP contribution < -0.4 is 0 Å². The van der Waals surface area contributed by atoms with Gasteiger partial charge in [0.25, 0.3) is 0 Å². The molecule has 2 saturated heterocycles. The molecule has 0 unspecified atom stereocenters. The molecule has 0 aromatic rings. The summed E-state index contributed by atoms with van der Waals surface area (Å²) < 4.78 is 10.9. The lowest BCUT2D eigenvalue weighted by atomic mass is 9.93. The highest BCUT2D eigenvalue weighted by Crippen LogP contribution is 2.28. The van der Waals surface area contributed by atoms with Gasteiger partial charge < -0.3 is 45.2 Å². The molecular formula is C16H31NO9. The van der Waals surface area contributed by atoms with E-state index in [9.17, 15) is 35.7 Å². The largest absolute Gasteiger partial charge is 0.395 e. The number of hydrogen-bond acceptors (Lipinski definition) is 10. The standard InChI is InChI=1S/C16H31NO9/c1-2-3-4-17-5-9(20)11(21)15(8(17)6-18)26-16-14(24)13(23)12(22)10(7-19)25-16/h8-16,18-24H,2-7H2,1H3/t8-,9+,10-,11-,12-,13+,14-,15-,16-/m1/s1. The van der Waals surface area contributed by atoms with Crippen LogP contribution in [0, 0.1) is 0 Å². The third-order valence-electron chi connectivity index (χ3n) is 5.13. The molecule has 0 bridgehead atoms. The van der Waals surface area contributed by atoms with Crippen LogP contribution >= 0.6 is 0 Å². The quantitative estimate of drug-likeness (QED) is 0.234. The van der Waals surface area contributed by atoms with E-state index in [0.717, 1.165) is 12.8 Å². The molecule has 0 aromatic heterocycles. The first-order valence-electron chi connectivity index (χ1n) is 9.02. The maximum atomic E-state index is 10.3. The molecule has 2 rings (SSSR count). The number of aliphatic hydroxyl groups excluding tert-OH is 7. The number of aliphatic hydroxyl groups is 7.